The second kappa shape index (κ2) is 10.5. The first-order valence-electron chi connectivity index (χ1n) is 9.84. The Morgan fingerprint density at radius 2 is 1.58 bits per heavy atom. The number of hydrogen-bond donors (Lipinski definition) is 2. The first-order valence-corrected chi connectivity index (χ1v) is 9.84. The second-order valence-corrected chi connectivity index (χ2v) is 8.40. The van der Waals surface area contributed by atoms with Crippen molar-refractivity contribution in [2.45, 2.75) is 78.8 Å². The molecule has 0 saturated heterocycles. The van der Waals surface area contributed by atoms with Crippen LogP contribution in [0.15, 0.2) is 0 Å². The van der Waals surface area contributed by atoms with Crippen molar-refractivity contribution in [3.05, 3.63) is 0 Å². The van der Waals surface area contributed by atoms with E-state index in [4.69, 9.17) is 4.74 Å². The summed E-state index contributed by atoms with van der Waals surface area (Å²) in [5.41, 5.74) is 0. The van der Waals surface area contributed by atoms with Gasteiger partial charge in [-0.05, 0) is 49.9 Å². The Labute approximate surface area is 157 Å². The molecule has 6 nitrogen and oxygen atoms in total. The third-order valence-electron chi connectivity index (χ3n) is 5.15. The number of amides is 2. The van der Waals surface area contributed by atoms with Gasteiger partial charge in [-0.25, -0.2) is 4.79 Å². The molecule has 1 aliphatic carbocycles. The van der Waals surface area contributed by atoms with E-state index in [1.807, 2.05) is 27.7 Å². The first kappa shape index (κ1) is 22.5. The van der Waals surface area contributed by atoms with Crippen molar-refractivity contribution in [1.82, 2.24) is 10.6 Å². The molecular weight excluding hydrogens is 332 g/mol. The van der Waals surface area contributed by atoms with Crippen molar-refractivity contribution in [3.8, 4) is 0 Å². The summed E-state index contributed by atoms with van der Waals surface area (Å²) in [7, 11) is 1.31. The summed E-state index contributed by atoms with van der Waals surface area (Å²) in [6.07, 6.45) is 4.39. The Morgan fingerprint density at radius 1 is 1.00 bits per heavy atom. The molecule has 2 amide bonds. The minimum absolute atomic E-state index is 0.0184. The van der Waals surface area contributed by atoms with Crippen LogP contribution in [0.4, 0.5) is 0 Å². The molecule has 0 radical (unpaired) electrons. The molecular formula is C20H36N2O4. The SMILES string of the molecule is COC(=O)[C@H](NC(=O)[C@H](CC(C)C)NC(=O)C1CCC(C)CC1)C(C)C. The maximum Gasteiger partial charge on any atom is 0.328 e. The van der Waals surface area contributed by atoms with E-state index in [1.165, 1.54) is 7.11 Å². The fourth-order valence-electron chi connectivity index (χ4n) is 3.39. The smallest absolute Gasteiger partial charge is 0.328 e. The fourth-order valence-corrected chi connectivity index (χ4v) is 3.39. The van der Waals surface area contributed by atoms with Crippen molar-refractivity contribution in [3.63, 3.8) is 0 Å². The van der Waals surface area contributed by atoms with E-state index in [0.29, 0.717) is 12.3 Å². The van der Waals surface area contributed by atoms with Gasteiger partial charge in [0, 0.05) is 5.92 Å². The van der Waals surface area contributed by atoms with E-state index >= 15 is 0 Å². The lowest BCUT2D eigenvalue weighted by molar-refractivity contribution is -0.146. The van der Waals surface area contributed by atoms with Gasteiger partial charge in [-0.3, -0.25) is 9.59 Å². The molecule has 6 heteroatoms. The van der Waals surface area contributed by atoms with Gasteiger partial charge in [-0.1, -0.05) is 34.6 Å². The maximum atomic E-state index is 12.8. The summed E-state index contributed by atoms with van der Waals surface area (Å²) >= 11 is 0. The zero-order valence-corrected chi connectivity index (χ0v) is 17.1. The van der Waals surface area contributed by atoms with Crippen LogP contribution >= 0.6 is 0 Å². The largest absolute Gasteiger partial charge is 0.467 e. The summed E-state index contributed by atoms with van der Waals surface area (Å²) < 4.78 is 4.78. The highest BCUT2D eigenvalue weighted by Crippen LogP contribution is 2.28. The van der Waals surface area contributed by atoms with E-state index in [-0.39, 0.29) is 29.6 Å². The Kier molecular flexibility index (Phi) is 9.09. The van der Waals surface area contributed by atoms with Gasteiger partial charge in [0.2, 0.25) is 11.8 Å². The van der Waals surface area contributed by atoms with Crippen LogP contribution in [-0.4, -0.2) is 37.0 Å². The summed E-state index contributed by atoms with van der Waals surface area (Å²) in [5.74, 6) is -0.0352. The molecule has 1 aliphatic rings. The van der Waals surface area contributed by atoms with Gasteiger partial charge in [-0.15, -0.1) is 0 Å². The summed E-state index contributed by atoms with van der Waals surface area (Å²) in [6, 6.07) is -1.35. The standard InChI is InChI=1S/C20H36N2O4/c1-12(2)11-16(19(24)22-17(13(3)4)20(25)26-6)21-18(23)15-9-7-14(5)8-10-15/h12-17H,7-11H2,1-6H3,(H,21,23)(H,22,24)/t14?,15?,16-,17+/m0/s1. The topological polar surface area (TPSA) is 84.5 Å². The number of rotatable bonds is 8. The lowest BCUT2D eigenvalue weighted by Crippen LogP contribution is -2.54. The number of ether oxygens (including phenoxy) is 1. The van der Waals surface area contributed by atoms with E-state index in [9.17, 15) is 14.4 Å². The summed E-state index contributed by atoms with van der Waals surface area (Å²) in [4.78, 5) is 37.3. The fraction of sp³-hybridized carbons (Fsp3) is 0.850. The Balaban J connectivity index is 2.76. The van der Waals surface area contributed by atoms with Crippen molar-refractivity contribution in [1.29, 1.82) is 0 Å². The van der Waals surface area contributed by atoms with Gasteiger partial charge in [0.25, 0.3) is 0 Å². The van der Waals surface area contributed by atoms with Crippen LogP contribution in [0.25, 0.3) is 0 Å². The molecule has 1 fully saturated rings. The normalized spacial score (nSPS) is 22.6. The van der Waals surface area contributed by atoms with Crippen LogP contribution in [0.1, 0.15) is 66.7 Å². The maximum absolute atomic E-state index is 12.8. The van der Waals surface area contributed by atoms with Crippen LogP contribution in [0.3, 0.4) is 0 Å². The molecule has 1 saturated carbocycles. The number of nitrogens with one attached hydrogen (secondary N) is 2. The minimum atomic E-state index is -0.713. The highest BCUT2D eigenvalue weighted by molar-refractivity contribution is 5.91. The predicted molar refractivity (Wildman–Crippen MR) is 101 cm³/mol. The Bertz CT molecular complexity index is 482. The number of hydrogen-bond acceptors (Lipinski definition) is 4. The Morgan fingerprint density at radius 3 is 2.04 bits per heavy atom. The minimum Gasteiger partial charge on any atom is -0.467 e. The van der Waals surface area contributed by atoms with E-state index in [2.05, 4.69) is 17.6 Å². The van der Waals surface area contributed by atoms with E-state index in [1.54, 1.807) is 0 Å². The van der Waals surface area contributed by atoms with Crippen molar-refractivity contribution >= 4 is 17.8 Å². The van der Waals surface area contributed by atoms with Gasteiger partial charge in [0.05, 0.1) is 7.11 Å². The van der Waals surface area contributed by atoms with Crippen LogP contribution < -0.4 is 10.6 Å². The van der Waals surface area contributed by atoms with Crippen LogP contribution in [0.5, 0.6) is 0 Å². The third-order valence-corrected chi connectivity index (χ3v) is 5.15. The molecule has 0 aliphatic heterocycles. The Hall–Kier alpha value is -1.59. The van der Waals surface area contributed by atoms with E-state index < -0.39 is 18.1 Å². The lowest BCUT2D eigenvalue weighted by Gasteiger charge is -2.29. The zero-order valence-electron chi connectivity index (χ0n) is 17.1. The van der Waals surface area contributed by atoms with Gasteiger partial charge < -0.3 is 15.4 Å². The van der Waals surface area contributed by atoms with Crippen molar-refractivity contribution < 1.29 is 19.1 Å². The van der Waals surface area contributed by atoms with Gasteiger partial charge in [0.15, 0.2) is 0 Å². The molecule has 0 aromatic rings. The van der Waals surface area contributed by atoms with Gasteiger partial charge >= 0.3 is 5.97 Å². The number of methoxy groups -OCH3 is 1. The van der Waals surface area contributed by atoms with E-state index in [0.717, 1.165) is 25.7 Å². The first-order chi connectivity index (χ1) is 12.1. The second-order valence-electron chi connectivity index (χ2n) is 8.40. The summed E-state index contributed by atoms with van der Waals surface area (Å²) in [5, 5.41) is 5.69. The number of carbonyl (C=O) groups excluding carboxylic acids is 3. The van der Waals surface area contributed by atoms with Crippen LogP contribution in [0, 0.1) is 23.7 Å². The molecule has 0 aromatic heterocycles. The lowest BCUT2D eigenvalue weighted by atomic mass is 9.82. The molecule has 0 spiro atoms. The monoisotopic (exact) mass is 368 g/mol. The molecule has 0 bridgehead atoms. The van der Waals surface area contributed by atoms with Gasteiger partial charge in [-0.2, -0.15) is 0 Å². The molecule has 150 valence electrons. The average Bonchev–Trinajstić information content (AvgIpc) is 2.58. The zero-order chi connectivity index (χ0) is 19.9. The molecule has 0 unspecified atom stereocenters. The average molecular weight is 369 g/mol. The van der Waals surface area contributed by atoms with Gasteiger partial charge in [0.1, 0.15) is 12.1 Å². The summed E-state index contributed by atoms with van der Waals surface area (Å²) in [6.45, 7) is 9.92. The van der Waals surface area contributed by atoms with Crippen LogP contribution in [-0.2, 0) is 19.1 Å². The number of esters is 1. The predicted octanol–water partition coefficient (Wildman–Crippen LogP) is 2.66. The molecule has 0 heterocycles. The number of carbonyl (C=O) groups is 3. The molecule has 2 N–H and O–H groups in total. The quantitative estimate of drug-likeness (QED) is 0.645. The molecule has 0 aromatic carbocycles. The highest BCUT2D eigenvalue weighted by Gasteiger charge is 2.32. The highest BCUT2D eigenvalue weighted by atomic mass is 16.5. The van der Waals surface area contributed by atoms with Crippen molar-refractivity contribution in [2.24, 2.45) is 23.7 Å². The molecule has 2 atom stereocenters. The van der Waals surface area contributed by atoms with Crippen LogP contribution in [0.2, 0.25) is 0 Å². The third kappa shape index (κ3) is 6.96. The molecule has 1 rings (SSSR count). The van der Waals surface area contributed by atoms with Crippen molar-refractivity contribution in [2.75, 3.05) is 7.11 Å². The molecule has 26 heavy (non-hydrogen) atoms.